The van der Waals surface area contributed by atoms with Crippen LogP contribution in [0.4, 0.5) is 0 Å². The zero-order valence-electron chi connectivity index (χ0n) is 9.01. The Balaban J connectivity index is 3.68. The lowest BCUT2D eigenvalue weighted by atomic mass is 9.97. The van der Waals surface area contributed by atoms with E-state index in [1.54, 1.807) is 0 Å². The van der Waals surface area contributed by atoms with E-state index in [4.69, 9.17) is 5.73 Å². The molecule has 0 spiro atoms. The molecule has 0 fully saturated rings. The van der Waals surface area contributed by atoms with Gasteiger partial charge in [-0.3, -0.25) is 0 Å². The van der Waals surface area contributed by atoms with Crippen molar-refractivity contribution in [3.8, 4) is 0 Å². The summed E-state index contributed by atoms with van der Waals surface area (Å²) in [7, 11) is 0. The summed E-state index contributed by atoms with van der Waals surface area (Å²) in [5.74, 6) is 1.55. The molecule has 0 saturated heterocycles. The molecule has 0 aromatic heterocycles. The fourth-order valence-electron chi connectivity index (χ4n) is 1.18. The van der Waals surface area contributed by atoms with Crippen molar-refractivity contribution in [2.75, 3.05) is 26.2 Å². The fourth-order valence-corrected chi connectivity index (χ4v) is 1.18. The zero-order valence-corrected chi connectivity index (χ0v) is 9.01. The maximum atomic E-state index is 5.52. The van der Waals surface area contributed by atoms with Crippen LogP contribution < -0.4 is 5.73 Å². The van der Waals surface area contributed by atoms with Crippen LogP contribution in [0.3, 0.4) is 0 Å². The molecular formula is C10H24N2. The van der Waals surface area contributed by atoms with E-state index in [1.807, 2.05) is 0 Å². The summed E-state index contributed by atoms with van der Waals surface area (Å²) >= 11 is 0. The number of hydrogen-bond donors (Lipinski definition) is 1. The van der Waals surface area contributed by atoms with Gasteiger partial charge in [-0.25, -0.2) is 0 Å². The number of hydrogen-bond acceptors (Lipinski definition) is 2. The maximum Gasteiger partial charge on any atom is 0.0105 e. The second-order valence-electron chi connectivity index (χ2n) is 3.90. The van der Waals surface area contributed by atoms with Crippen LogP contribution >= 0.6 is 0 Å². The van der Waals surface area contributed by atoms with Gasteiger partial charge in [0.15, 0.2) is 0 Å². The highest BCUT2D eigenvalue weighted by molar-refractivity contribution is 4.64. The third-order valence-corrected chi connectivity index (χ3v) is 2.58. The smallest absolute Gasteiger partial charge is 0.0105 e. The highest BCUT2D eigenvalue weighted by atomic mass is 15.1. The quantitative estimate of drug-likeness (QED) is 0.659. The van der Waals surface area contributed by atoms with Crippen LogP contribution in [0.15, 0.2) is 0 Å². The molecule has 0 saturated carbocycles. The Hall–Kier alpha value is -0.0800. The molecule has 0 heterocycles. The minimum atomic E-state index is 0.775. The monoisotopic (exact) mass is 172 g/mol. The van der Waals surface area contributed by atoms with Crippen LogP contribution in [0.25, 0.3) is 0 Å². The molecule has 2 heteroatoms. The zero-order chi connectivity index (χ0) is 9.56. The number of nitrogens with two attached hydrogens (primary N) is 1. The van der Waals surface area contributed by atoms with Crippen LogP contribution in [0.2, 0.25) is 0 Å². The Labute approximate surface area is 77.1 Å². The standard InChI is InChI=1S/C10H24N2/c1-5-12(7-6-11)8-10(4)9(2)3/h9-10H,5-8,11H2,1-4H3. The van der Waals surface area contributed by atoms with Gasteiger partial charge >= 0.3 is 0 Å². The first kappa shape index (κ1) is 11.9. The molecule has 12 heavy (non-hydrogen) atoms. The van der Waals surface area contributed by atoms with E-state index in [0.717, 1.165) is 31.5 Å². The molecule has 0 radical (unpaired) electrons. The highest BCUT2D eigenvalue weighted by Crippen LogP contribution is 2.10. The molecule has 1 atom stereocenters. The Morgan fingerprint density at radius 1 is 1.25 bits per heavy atom. The van der Waals surface area contributed by atoms with Gasteiger partial charge in [-0.2, -0.15) is 0 Å². The topological polar surface area (TPSA) is 29.3 Å². The first-order chi connectivity index (χ1) is 5.61. The molecule has 2 N–H and O–H groups in total. The Morgan fingerprint density at radius 3 is 2.17 bits per heavy atom. The average Bonchev–Trinajstić information content (AvgIpc) is 2.03. The lowest BCUT2D eigenvalue weighted by molar-refractivity contribution is 0.225. The van der Waals surface area contributed by atoms with E-state index >= 15 is 0 Å². The largest absolute Gasteiger partial charge is 0.329 e. The molecule has 2 nitrogen and oxygen atoms in total. The Bertz CT molecular complexity index is 102. The number of nitrogens with zero attached hydrogens (tertiary/aromatic N) is 1. The summed E-state index contributed by atoms with van der Waals surface area (Å²) in [5.41, 5.74) is 5.52. The second kappa shape index (κ2) is 6.44. The molecule has 0 bridgehead atoms. The maximum absolute atomic E-state index is 5.52. The van der Waals surface area contributed by atoms with Gasteiger partial charge in [0, 0.05) is 19.6 Å². The van der Waals surface area contributed by atoms with Crippen molar-refractivity contribution in [1.82, 2.24) is 4.90 Å². The van der Waals surface area contributed by atoms with E-state index < -0.39 is 0 Å². The van der Waals surface area contributed by atoms with Crippen molar-refractivity contribution < 1.29 is 0 Å². The summed E-state index contributed by atoms with van der Waals surface area (Å²) in [6.45, 7) is 13.2. The van der Waals surface area contributed by atoms with Crippen molar-refractivity contribution >= 4 is 0 Å². The second-order valence-corrected chi connectivity index (χ2v) is 3.90. The van der Waals surface area contributed by atoms with Crippen LogP contribution in [0, 0.1) is 11.8 Å². The Morgan fingerprint density at radius 2 is 1.83 bits per heavy atom. The third-order valence-electron chi connectivity index (χ3n) is 2.58. The molecule has 0 amide bonds. The fraction of sp³-hybridized carbons (Fsp3) is 1.00. The number of rotatable bonds is 6. The molecule has 0 aromatic rings. The molecule has 0 aliphatic heterocycles. The Kier molecular flexibility index (Phi) is 6.39. The molecule has 0 rings (SSSR count). The average molecular weight is 172 g/mol. The van der Waals surface area contributed by atoms with E-state index in [1.165, 1.54) is 6.54 Å². The molecule has 1 unspecified atom stereocenters. The van der Waals surface area contributed by atoms with Crippen molar-refractivity contribution in [1.29, 1.82) is 0 Å². The summed E-state index contributed by atoms with van der Waals surface area (Å²) in [6, 6.07) is 0. The first-order valence-corrected chi connectivity index (χ1v) is 5.04. The van der Waals surface area contributed by atoms with Gasteiger partial charge in [0.2, 0.25) is 0 Å². The lowest BCUT2D eigenvalue weighted by Crippen LogP contribution is -2.34. The first-order valence-electron chi connectivity index (χ1n) is 5.04. The molecule has 0 aromatic carbocycles. The predicted octanol–water partition coefficient (Wildman–Crippen LogP) is 1.56. The molecule has 0 aliphatic rings. The van der Waals surface area contributed by atoms with E-state index in [9.17, 15) is 0 Å². The van der Waals surface area contributed by atoms with Gasteiger partial charge in [-0.1, -0.05) is 27.7 Å². The molecule has 0 aliphatic carbocycles. The summed E-state index contributed by atoms with van der Waals surface area (Å²) in [5, 5.41) is 0. The van der Waals surface area contributed by atoms with Crippen LogP contribution in [-0.2, 0) is 0 Å². The van der Waals surface area contributed by atoms with E-state index in [0.29, 0.717) is 0 Å². The highest BCUT2D eigenvalue weighted by Gasteiger charge is 2.10. The lowest BCUT2D eigenvalue weighted by Gasteiger charge is -2.25. The van der Waals surface area contributed by atoms with Crippen molar-refractivity contribution in [3.05, 3.63) is 0 Å². The van der Waals surface area contributed by atoms with Gasteiger partial charge in [0.1, 0.15) is 0 Å². The molecular weight excluding hydrogens is 148 g/mol. The van der Waals surface area contributed by atoms with Gasteiger partial charge in [-0.15, -0.1) is 0 Å². The summed E-state index contributed by atoms with van der Waals surface area (Å²) in [4.78, 5) is 2.42. The van der Waals surface area contributed by atoms with Crippen LogP contribution in [0.5, 0.6) is 0 Å². The third kappa shape index (κ3) is 4.73. The SMILES string of the molecule is CCN(CCN)CC(C)C(C)C. The van der Waals surface area contributed by atoms with Gasteiger partial charge in [0.25, 0.3) is 0 Å². The minimum Gasteiger partial charge on any atom is -0.329 e. The number of likely N-dealkylation sites (N-methyl/N-ethyl adjacent to an activating group) is 1. The summed E-state index contributed by atoms with van der Waals surface area (Å²) < 4.78 is 0. The van der Waals surface area contributed by atoms with Crippen LogP contribution in [0.1, 0.15) is 27.7 Å². The van der Waals surface area contributed by atoms with Gasteiger partial charge in [-0.05, 0) is 18.4 Å². The molecule has 74 valence electrons. The predicted molar refractivity (Wildman–Crippen MR) is 55.2 cm³/mol. The van der Waals surface area contributed by atoms with Crippen molar-refractivity contribution in [3.63, 3.8) is 0 Å². The van der Waals surface area contributed by atoms with Gasteiger partial charge in [0.05, 0.1) is 0 Å². The van der Waals surface area contributed by atoms with E-state index in [-0.39, 0.29) is 0 Å². The van der Waals surface area contributed by atoms with Crippen molar-refractivity contribution in [2.24, 2.45) is 17.6 Å². The minimum absolute atomic E-state index is 0.775. The van der Waals surface area contributed by atoms with Crippen LogP contribution in [-0.4, -0.2) is 31.1 Å². The normalized spacial score (nSPS) is 14.2. The van der Waals surface area contributed by atoms with Crippen molar-refractivity contribution in [2.45, 2.75) is 27.7 Å². The van der Waals surface area contributed by atoms with Gasteiger partial charge < -0.3 is 10.6 Å². The summed E-state index contributed by atoms with van der Waals surface area (Å²) in [6.07, 6.45) is 0. The van der Waals surface area contributed by atoms with E-state index in [2.05, 4.69) is 32.6 Å².